The van der Waals surface area contributed by atoms with Crippen LogP contribution in [0.1, 0.15) is 27.3 Å². The molecule has 1 amide bonds. The number of nitrogens with one attached hydrogen (secondary N) is 2. The van der Waals surface area contributed by atoms with Gasteiger partial charge >= 0.3 is 0 Å². The Bertz CT molecular complexity index is 665. The van der Waals surface area contributed by atoms with Crippen LogP contribution in [-0.4, -0.2) is 29.0 Å². The smallest absolute Gasteiger partial charge is 0.251 e. The molecule has 5 heteroatoms. The van der Waals surface area contributed by atoms with E-state index in [0.29, 0.717) is 25.1 Å². The minimum Gasteiger partial charge on any atom is -0.352 e. The van der Waals surface area contributed by atoms with Crippen molar-refractivity contribution in [2.24, 2.45) is 5.73 Å². The molecule has 5 nitrogen and oxygen atoms in total. The first-order chi connectivity index (χ1) is 10.2. The summed E-state index contributed by atoms with van der Waals surface area (Å²) in [5.74, 6) is 6.56. The van der Waals surface area contributed by atoms with Crippen molar-refractivity contribution in [1.82, 2.24) is 15.3 Å². The fourth-order valence-electron chi connectivity index (χ4n) is 1.92. The molecule has 0 radical (unpaired) electrons. The zero-order chi connectivity index (χ0) is 15.1. The van der Waals surface area contributed by atoms with E-state index in [2.05, 4.69) is 27.1 Å². The number of H-pyrrole nitrogens is 1. The predicted octanol–water partition coefficient (Wildman–Crippen LogP) is 1.00. The van der Waals surface area contributed by atoms with Gasteiger partial charge in [-0.05, 0) is 30.7 Å². The summed E-state index contributed by atoms with van der Waals surface area (Å²) in [4.78, 5) is 19.2. The lowest BCUT2D eigenvalue weighted by Gasteiger charge is -2.06. The highest BCUT2D eigenvalue weighted by Gasteiger charge is 2.07. The molecule has 0 unspecified atom stereocenters. The van der Waals surface area contributed by atoms with Gasteiger partial charge in [-0.15, -0.1) is 0 Å². The normalized spacial score (nSPS) is 9.81. The van der Waals surface area contributed by atoms with Gasteiger partial charge < -0.3 is 16.0 Å². The quantitative estimate of drug-likeness (QED) is 0.732. The van der Waals surface area contributed by atoms with Crippen molar-refractivity contribution in [2.75, 3.05) is 13.1 Å². The molecule has 1 aromatic carbocycles. The zero-order valence-electron chi connectivity index (χ0n) is 11.9. The van der Waals surface area contributed by atoms with Gasteiger partial charge in [0.25, 0.3) is 5.91 Å². The summed E-state index contributed by atoms with van der Waals surface area (Å²) in [5, 5.41) is 2.87. The summed E-state index contributed by atoms with van der Waals surface area (Å²) in [5.41, 5.74) is 7.85. The van der Waals surface area contributed by atoms with Gasteiger partial charge in [-0.3, -0.25) is 4.79 Å². The minimum atomic E-state index is -0.0945. The summed E-state index contributed by atoms with van der Waals surface area (Å²) in [7, 11) is 0. The summed E-state index contributed by atoms with van der Waals surface area (Å²) < 4.78 is 0. The molecular weight excluding hydrogens is 264 g/mol. The lowest BCUT2D eigenvalue weighted by Crippen LogP contribution is -2.26. The SMILES string of the molecule is Cc1cc(C(=O)NCCc2ncc[nH]2)ccc1C#CCN. The van der Waals surface area contributed by atoms with E-state index in [4.69, 9.17) is 5.73 Å². The molecule has 0 saturated carbocycles. The van der Waals surface area contributed by atoms with Crippen LogP contribution in [0.2, 0.25) is 0 Å². The molecular formula is C16H18N4O. The Balaban J connectivity index is 1.94. The van der Waals surface area contributed by atoms with Crippen LogP contribution in [0.5, 0.6) is 0 Å². The molecule has 0 aliphatic carbocycles. The second-order valence-corrected chi connectivity index (χ2v) is 4.58. The Morgan fingerprint density at radius 2 is 2.33 bits per heavy atom. The minimum absolute atomic E-state index is 0.0945. The van der Waals surface area contributed by atoms with Gasteiger partial charge in [0.1, 0.15) is 5.82 Å². The first-order valence-electron chi connectivity index (χ1n) is 6.76. The number of nitrogens with two attached hydrogens (primary N) is 1. The Labute approximate surface area is 124 Å². The number of imidazole rings is 1. The van der Waals surface area contributed by atoms with E-state index in [1.54, 1.807) is 18.5 Å². The van der Waals surface area contributed by atoms with Crippen molar-refractivity contribution in [3.8, 4) is 11.8 Å². The Kier molecular flexibility index (Phi) is 5.13. The number of aryl methyl sites for hydroxylation is 1. The molecule has 1 heterocycles. The Hall–Kier alpha value is -2.58. The number of hydrogen-bond donors (Lipinski definition) is 3. The highest BCUT2D eigenvalue weighted by Crippen LogP contribution is 2.10. The van der Waals surface area contributed by atoms with Crippen LogP contribution in [0.3, 0.4) is 0 Å². The largest absolute Gasteiger partial charge is 0.352 e. The number of aromatic amines is 1. The lowest BCUT2D eigenvalue weighted by atomic mass is 10.0. The molecule has 0 saturated heterocycles. The van der Waals surface area contributed by atoms with Gasteiger partial charge in [0.2, 0.25) is 0 Å². The number of rotatable bonds is 4. The number of carbonyl (C=O) groups is 1. The molecule has 4 N–H and O–H groups in total. The highest BCUT2D eigenvalue weighted by molar-refractivity contribution is 5.94. The topological polar surface area (TPSA) is 83.8 Å². The van der Waals surface area contributed by atoms with Gasteiger partial charge in [0.15, 0.2) is 0 Å². The number of hydrogen-bond acceptors (Lipinski definition) is 3. The monoisotopic (exact) mass is 282 g/mol. The van der Waals surface area contributed by atoms with Crippen molar-refractivity contribution < 1.29 is 4.79 Å². The Morgan fingerprint density at radius 1 is 1.48 bits per heavy atom. The molecule has 1 aromatic heterocycles. The predicted molar refractivity (Wildman–Crippen MR) is 81.7 cm³/mol. The van der Waals surface area contributed by atoms with Crippen molar-refractivity contribution >= 4 is 5.91 Å². The molecule has 0 atom stereocenters. The van der Waals surface area contributed by atoms with Crippen molar-refractivity contribution in [1.29, 1.82) is 0 Å². The van der Waals surface area contributed by atoms with E-state index in [1.807, 2.05) is 19.1 Å². The van der Waals surface area contributed by atoms with E-state index in [0.717, 1.165) is 17.0 Å². The second-order valence-electron chi connectivity index (χ2n) is 4.58. The molecule has 108 valence electrons. The summed E-state index contributed by atoms with van der Waals surface area (Å²) >= 11 is 0. The van der Waals surface area contributed by atoms with E-state index in [9.17, 15) is 4.79 Å². The number of carbonyl (C=O) groups excluding carboxylic acids is 1. The fourth-order valence-corrected chi connectivity index (χ4v) is 1.92. The average Bonchev–Trinajstić information content (AvgIpc) is 2.99. The third kappa shape index (κ3) is 4.20. The van der Waals surface area contributed by atoms with Gasteiger partial charge in [-0.1, -0.05) is 11.8 Å². The summed E-state index contributed by atoms with van der Waals surface area (Å²) in [6.45, 7) is 2.80. The van der Waals surface area contributed by atoms with E-state index in [1.165, 1.54) is 0 Å². The standard InChI is InChI=1S/C16H18N4O/c1-12-11-14(5-4-13(12)3-2-7-17)16(21)20-8-6-15-18-9-10-19-15/h4-5,9-11H,6-8,17H2,1H3,(H,18,19)(H,20,21). The number of benzene rings is 1. The first kappa shape index (κ1) is 14.8. The fraction of sp³-hybridized carbons (Fsp3) is 0.250. The molecule has 21 heavy (non-hydrogen) atoms. The average molecular weight is 282 g/mol. The zero-order valence-corrected chi connectivity index (χ0v) is 11.9. The van der Waals surface area contributed by atoms with Crippen LogP contribution in [0.4, 0.5) is 0 Å². The van der Waals surface area contributed by atoms with Gasteiger partial charge in [0.05, 0.1) is 6.54 Å². The molecule has 0 bridgehead atoms. The maximum absolute atomic E-state index is 12.1. The molecule has 2 rings (SSSR count). The molecule has 2 aromatic rings. The van der Waals surface area contributed by atoms with Gasteiger partial charge in [0, 0.05) is 36.5 Å². The third-order valence-corrected chi connectivity index (χ3v) is 3.02. The molecule has 0 spiro atoms. The van der Waals surface area contributed by atoms with Crippen molar-refractivity contribution in [3.05, 3.63) is 53.1 Å². The van der Waals surface area contributed by atoms with Crippen LogP contribution in [0.25, 0.3) is 0 Å². The number of amides is 1. The Morgan fingerprint density at radius 3 is 3.00 bits per heavy atom. The van der Waals surface area contributed by atoms with Gasteiger partial charge in [-0.2, -0.15) is 0 Å². The molecule has 0 aliphatic rings. The first-order valence-corrected chi connectivity index (χ1v) is 6.76. The van der Waals surface area contributed by atoms with Crippen molar-refractivity contribution in [2.45, 2.75) is 13.3 Å². The van der Waals surface area contributed by atoms with Crippen LogP contribution >= 0.6 is 0 Å². The molecule has 0 fully saturated rings. The number of nitrogens with zero attached hydrogens (tertiary/aromatic N) is 1. The van der Waals surface area contributed by atoms with E-state index in [-0.39, 0.29) is 5.91 Å². The maximum Gasteiger partial charge on any atom is 0.251 e. The lowest BCUT2D eigenvalue weighted by molar-refractivity contribution is 0.0954. The second kappa shape index (κ2) is 7.27. The third-order valence-electron chi connectivity index (χ3n) is 3.02. The van der Waals surface area contributed by atoms with Crippen LogP contribution in [0.15, 0.2) is 30.6 Å². The maximum atomic E-state index is 12.1. The summed E-state index contributed by atoms with van der Waals surface area (Å²) in [6, 6.07) is 5.46. The van der Waals surface area contributed by atoms with Crippen LogP contribution < -0.4 is 11.1 Å². The highest BCUT2D eigenvalue weighted by atomic mass is 16.1. The number of aromatic nitrogens is 2. The molecule has 0 aliphatic heterocycles. The van der Waals surface area contributed by atoms with Crippen molar-refractivity contribution in [3.63, 3.8) is 0 Å². The van der Waals surface area contributed by atoms with E-state index >= 15 is 0 Å². The van der Waals surface area contributed by atoms with Crippen LogP contribution in [-0.2, 0) is 6.42 Å². The van der Waals surface area contributed by atoms with Crippen LogP contribution in [0, 0.1) is 18.8 Å². The summed E-state index contributed by atoms with van der Waals surface area (Å²) in [6.07, 6.45) is 4.14. The van der Waals surface area contributed by atoms with E-state index < -0.39 is 0 Å². The van der Waals surface area contributed by atoms with Gasteiger partial charge in [-0.25, -0.2) is 4.98 Å².